The molecule has 3 aromatic rings. The summed E-state index contributed by atoms with van der Waals surface area (Å²) < 4.78 is 21.7. The number of ether oxygens (including phenoxy) is 2. The predicted molar refractivity (Wildman–Crippen MR) is 109 cm³/mol. The summed E-state index contributed by atoms with van der Waals surface area (Å²) in [5.74, 6) is 0.797. The van der Waals surface area contributed by atoms with Crippen molar-refractivity contribution in [3.8, 4) is 5.75 Å². The number of hydrogen-bond acceptors (Lipinski definition) is 7. The average Bonchev–Trinajstić information content (AvgIpc) is 3.57. The van der Waals surface area contributed by atoms with Gasteiger partial charge in [0.15, 0.2) is 6.61 Å². The van der Waals surface area contributed by atoms with Gasteiger partial charge in [0.05, 0.1) is 18.1 Å². The lowest BCUT2D eigenvalue weighted by molar-refractivity contribution is -0.150. The van der Waals surface area contributed by atoms with E-state index in [0.717, 1.165) is 5.56 Å². The number of rotatable bonds is 5. The van der Waals surface area contributed by atoms with Crippen LogP contribution in [0.15, 0.2) is 80.6 Å². The molecule has 2 aromatic heterocycles. The van der Waals surface area contributed by atoms with Crippen LogP contribution in [-0.2, 0) is 14.3 Å². The number of esters is 1. The molecule has 0 bridgehead atoms. The number of para-hydroxylation sites is 1. The van der Waals surface area contributed by atoms with E-state index < -0.39 is 24.5 Å². The predicted octanol–water partition coefficient (Wildman–Crippen LogP) is 3.57. The van der Waals surface area contributed by atoms with E-state index in [1.54, 1.807) is 36.6 Å². The smallest absolute Gasteiger partial charge is 0.338 e. The van der Waals surface area contributed by atoms with Gasteiger partial charge < -0.3 is 18.3 Å². The van der Waals surface area contributed by atoms with Crippen LogP contribution in [0.3, 0.4) is 0 Å². The molecule has 1 atom stereocenters. The van der Waals surface area contributed by atoms with Crippen LogP contribution < -0.4 is 4.74 Å². The summed E-state index contributed by atoms with van der Waals surface area (Å²) in [5, 5.41) is 5.69. The standard InChI is InChI=1S/C23H18N2O6/c26-22(14-31-23(27)16-11-15-5-1-2-6-19(15)30-13-16)25-18(21-8-4-10-29-21)12-17(24-25)20-7-3-9-28-20/h1-11,18H,12-14H2. The van der Waals surface area contributed by atoms with Gasteiger partial charge in [0, 0.05) is 12.0 Å². The number of carbonyl (C=O) groups excluding carboxylic acids is 2. The van der Waals surface area contributed by atoms with Gasteiger partial charge in [-0.2, -0.15) is 5.10 Å². The molecule has 1 aromatic carbocycles. The molecular weight excluding hydrogens is 400 g/mol. The Bertz CT molecular complexity index is 1160. The van der Waals surface area contributed by atoms with E-state index in [-0.39, 0.29) is 6.61 Å². The van der Waals surface area contributed by atoms with Crippen molar-refractivity contribution in [3.63, 3.8) is 0 Å². The number of hydrazone groups is 1. The minimum atomic E-state index is -0.605. The van der Waals surface area contributed by atoms with Crippen molar-refractivity contribution in [2.24, 2.45) is 5.10 Å². The van der Waals surface area contributed by atoms with E-state index in [1.807, 2.05) is 24.3 Å². The van der Waals surface area contributed by atoms with E-state index in [0.29, 0.717) is 35.0 Å². The van der Waals surface area contributed by atoms with Crippen molar-refractivity contribution < 1.29 is 27.9 Å². The normalized spacial score (nSPS) is 17.4. The number of fused-ring (bicyclic) bond motifs is 1. The van der Waals surface area contributed by atoms with Gasteiger partial charge in [0.25, 0.3) is 5.91 Å². The number of amides is 1. The molecule has 156 valence electrons. The molecular formula is C23H18N2O6. The fourth-order valence-electron chi connectivity index (χ4n) is 3.55. The van der Waals surface area contributed by atoms with Gasteiger partial charge in [0.2, 0.25) is 0 Å². The molecule has 1 amide bonds. The first-order chi connectivity index (χ1) is 15.2. The molecule has 4 heterocycles. The first-order valence-corrected chi connectivity index (χ1v) is 9.75. The van der Waals surface area contributed by atoms with Crippen LogP contribution in [0.5, 0.6) is 5.75 Å². The van der Waals surface area contributed by atoms with Gasteiger partial charge in [-0.25, -0.2) is 9.80 Å². The first kappa shape index (κ1) is 18.9. The second kappa shape index (κ2) is 7.98. The molecule has 0 saturated carbocycles. The Morgan fingerprint density at radius 3 is 2.71 bits per heavy atom. The van der Waals surface area contributed by atoms with Crippen LogP contribution in [0.2, 0.25) is 0 Å². The minimum Gasteiger partial charge on any atom is -0.488 e. The number of carbonyl (C=O) groups is 2. The van der Waals surface area contributed by atoms with Crippen molar-refractivity contribution in [2.75, 3.05) is 13.2 Å². The number of furan rings is 2. The fourth-order valence-corrected chi connectivity index (χ4v) is 3.55. The summed E-state index contributed by atoms with van der Waals surface area (Å²) in [6, 6.07) is 14.0. The third-order valence-corrected chi connectivity index (χ3v) is 5.06. The molecule has 0 saturated heterocycles. The lowest BCUT2D eigenvalue weighted by atomic mass is 10.1. The zero-order valence-corrected chi connectivity index (χ0v) is 16.4. The second-order valence-electron chi connectivity index (χ2n) is 7.07. The summed E-state index contributed by atoms with van der Waals surface area (Å²) >= 11 is 0. The summed E-state index contributed by atoms with van der Waals surface area (Å²) in [4.78, 5) is 25.3. The van der Waals surface area contributed by atoms with E-state index in [1.165, 1.54) is 11.3 Å². The average molecular weight is 418 g/mol. The highest BCUT2D eigenvalue weighted by molar-refractivity contribution is 6.01. The van der Waals surface area contributed by atoms with E-state index in [9.17, 15) is 9.59 Å². The highest BCUT2D eigenvalue weighted by atomic mass is 16.5. The quantitative estimate of drug-likeness (QED) is 0.588. The van der Waals surface area contributed by atoms with Gasteiger partial charge in [-0.1, -0.05) is 18.2 Å². The van der Waals surface area contributed by atoms with Crippen LogP contribution in [-0.4, -0.2) is 35.8 Å². The molecule has 0 spiro atoms. The molecule has 0 radical (unpaired) electrons. The molecule has 0 fully saturated rings. The molecule has 0 N–H and O–H groups in total. The summed E-state index contributed by atoms with van der Waals surface area (Å²) in [7, 11) is 0. The van der Waals surface area contributed by atoms with Crippen molar-refractivity contribution in [1.82, 2.24) is 5.01 Å². The van der Waals surface area contributed by atoms with Crippen molar-refractivity contribution >= 4 is 23.7 Å². The molecule has 8 heteroatoms. The Morgan fingerprint density at radius 1 is 1.06 bits per heavy atom. The maximum atomic E-state index is 12.9. The maximum absolute atomic E-state index is 12.9. The van der Waals surface area contributed by atoms with Gasteiger partial charge in [0.1, 0.15) is 35.6 Å². The summed E-state index contributed by atoms with van der Waals surface area (Å²) in [5.41, 5.74) is 1.75. The molecule has 1 unspecified atom stereocenters. The maximum Gasteiger partial charge on any atom is 0.338 e. The van der Waals surface area contributed by atoms with Crippen molar-refractivity contribution in [3.05, 3.63) is 83.7 Å². The number of hydrogen-bond donors (Lipinski definition) is 0. The highest BCUT2D eigenvalue weighted by Crippen LogP contribution is 2.33. The van der Waals surface area contributed by atoms with Crippen molar-refractivity contribution in [2.45, 2.75) is 12.5 Å². The van der Waals surface area contributed by atoms with Crippen LogP contribution >= 0.6 is 0 Å². The summed E-state index contributed by atoms with van der Waals surface area (Å²) in [6.07, 6.45) is 5.22. The third kappa shape index (κ3) is 3.75. The SMILES string of the molecule is O=C(OCC(=O)N1N=C(c2ccco2)CC1c1ccco1)C1=Cc2ccccc2OC1. The largest absolute Gasteiger partial charge is 0.488 e. The van der Waals surface area contributed by atoms with Gasteiger partial charge in [-0.05, 0) is 36.4 Å². The van der Waals surface area contributed by atoms with E-state index >= 15 is 0 Å². The molecule has 2 aliphatic heterocycles. The molecule has 8 nitrogen and oxygen atoms in total. The van der Waals surface area contributed by atoms with Crippen LogP contribution in [0, 0.1) is 0 Å². The third-order valence-electron chi connectivity index (χ3n) is 5.06. The summed E-state index contributed by atoms with van der Waals surface area (Å²) in [6.45, 7) is -0.368. The Labute approximate surface area is 177 Å². The van der Waals surface area contributed by atoms with Crippen LogP contribution in [0.25, 0.3) is 6.08 Å². The van der Waals surface area contributed by atoms with E-state index in [2.05, 4.69) is 5.10 Å². The van der Waals surface area contributed by atoms with Crippen LogP contribution in [0.4, 0.5) is 0 Å². The Balaban J connectivity index is 1.29. The zero-order valence-electron chi connectivity index (χ0n) is 16.4. The van der Waals surface area contributed by atoms with Crippen LogP contribution in [0.1, 0.15) is 29.5 Å². The molecule has 31 heavy (non-hydrogen) atoms. The number of nitrogens with zero attached hydrogens (tertiary/aromatic N) is 2. The Hall–Kier alpha value is -4.07. The topological polar surface area (TPSA) is 94.5 Å². The molecule has 5 rings (SSSR count). The first-order valence-electron chi connectivity index (χ1n) is 9.75. The van der Waals surface area contributed by atoms with E-state index in [4.69, 9.17) is 18.3 Å². The zero-order chi connectivity index (χ0) is 21.2. The highest BCUT2D eigenvalue weighted by Gasteiger charge is 2.36. The van der Waals surface area contributed by atoms with Gasteiger partial charge in [-0.3, -0.25) is 4.79 Å². The molecule has 2 aliphatic rings. The lowest BCUT2D eigenvalue weighted by Gasteiger charge is -2.20. The van der Waals surface area contributed by atoms with Crippen molar-refractivity contribution in [1.29, 1.82) is 0 Å². The monoisotopic (exact) mass is 418 g/mol. The Morgan fingerprint density at radius 2 is 1.90 bits per heavy atom. The van der Waals surface area contributed by atoms with Gasteiger partial charge in [-0.15, -0.1) is 0 Å². The number of benzene rings is 1. The van der Waals surface area contributed by atoms with Gasteiger partial charge >= 0.3 is 5.97 Å². The minimum absolute atomic E-state index is 0.0869. The Kier molecular flexibility index (Phi) is 4.87. The molecule has 0 aliphatic carbocycles. The lowest BCUT2D eigenvalue weighted by Crippen LogP contribution is -2.31. The fraction of sp³-hybridized carbons (Fsp3) is 0.174. The second-order valence-corrected chi connectivity index (χ2v) is 7.07.